The van der Waals surface area contributed by atoms with Crippen LogP contribution in [0, 0.1) is 0 Å². The van der Waals surface area contributed by atoms with Crippen LogP contribution in [0.2, 0.25) is 0 Å². The number of ether oxygens (including phenoxy) is 2. The quantitative estimate of drug-likeness (QED) is 0.806. The summed E-state index contributed by atoms with van der Waals surface area (Å²) in [5, 5.41) is 0. The van der Waals surface area contributed by atoms with Crippen molar-refractivity contribution in [1.82, 2.24) is 0 Å². The minimum atomic E-state index is 0.151. The second kappa shape index (κ2) is 6.66. The summed E-state index contributed by atoms with van der Waals surface area (Å²) in [6, 6.07) is 5.65. The van der Waals surface area contributed by atoms with Gasteiger partial charge in [0.05, 0.1) is 13.7 Å². The summed E-state index contributed by atoms with van der Waals surface area (Å²) in [5.41, 5.74) is 0.901. The maximum absolute atomic E-state index is 11.6. The van der Waals surface area contributed by atoms with Crippen molar-refractivity contribution in [3.63, 3.8) is 0 Å². The Balaban J connectivity index is 2.71. The number of ketones is 1. The molecular weight excluding hydrogens is 272 g/mol. The number of hydrogen-bond donors (Lipinski definition) is 0. The fourth-order valence-electron chi connectivity index (χ4n) is 1.40. The minimum Gasteiger partial charge on any atom is -0.496 e. The molecule has 4 heteroatoms. The van der Waals surface area contributed by atoms with Gasteiger partial charge >= 0.3 is 0 Å². The Morgan fingerprint density at radius 2 is 2.12 bits per heavy atom. The van der Waals surface area contributed by atoms with E-state index in [9.17, 15) is 4.79 Å². The maximum atomic E-state index is 11.6. The Kier molecular flexibility index (Phi) is 5.49. The van der Waals surface area contributed by atoms with Crippen LogP contribution in [0.25, 0.3) is 0 Å². The van der Waals surface area contributed by atoms with E-state index >= 15 is 0 Å². The Labute approximate surface area is 104 Å². The highest BCUT2D eigenvalue weighted by molar-refractivity contribution is 9.10. The summed E-state index contributed by atoms with van der Waals surface area (Å²) in [5.74, 6) is 0.896. The lowest BCUT2D eigenvalue weighted by Gasteiger charge is -2.08. The predicted octanol–water partition coefficient (Wildman–Crippen LogP) is 2.61. The number of carbonyl (C=O) groups excluding carboxylic acids is 1. The SMILES string of the molecule is COCCC(=O)Cc1cc(Br)ccc1OC. The monoisotopic (exact) mass is 286 g/mol. The van der Waals surface area contributed by atoms with Gasteiger partial charge in [0.15, 0.2) is 0 Å². The van der Waals surface area contributed by atoms with E-state index in [1.807, 2.05) is 18.2 Å². The molecule has 0 unspecified atom stereocenters. The lowest BCUT2D eigenvalue weighted by atomic mass is 10.1. The van der Waals surface area contributed by atoms with E-state index in [2.05, 4.69) is 15.9 Å². The van der Waals surface area contributed by atoms with E-state index in [-0.39, 0.29) is 5.78 Å². The van der Waals surface area contributed by atoms with Crippen molar-refractivity contribution in [2.75, 3.05) is 20.8 Å². The molecule has 0 N–H and O–H groups in total. The first kappa shape index (κ1) is 13.2. The lowest BCUT2D eigenvalue weighted by Crippen LogP contribution is -2.07. The zero-order valence-corrected chi connectivity index (χ0v) is 11.0. The largest absolute Gasteiger partial charge is 0.496 e. The fourth-order valence-corrected chi connectivity index (χ4v) is 1.81. The van der Waals surface area contributed by atoms with E-state index in [1.54, 1.807) is 14.2 Å². The number of rotatable bonds is 6. The topological polar surface area (TPSA) is 35.5 Å². The van der Waals surface area contributed by atoms with Crippen molar-refractivity contribution in [3.8, 4) is 5.75 Å². The molecule has 88 valence electrons. The van der Waals surface area contributed by atoms with Gasteiger partial charge in [0.2, 0.25) is 0 Å². The van der Waals surface area contributed by atoms with Crippen molar-refractivity contribution in [3.05, 3.63) is 28.2 Å². The molecule has 1 aromatic carbocycles. The standard InChI is InChI=1S/C12H15BrO3/c1-15-6-5-11(14)8-9-7-10(13)3-4-12(9)16-2/h3-4,7H,5-6,8H2,1-2H3. The molecule has 16 heavy (non-hydrogen) atoms. The third-order valence-electron chi connectivity index (χ3n) is 2.22. The van der Waals surface area contributed by atoms with Gasteiger partial charge in [-0.1, -0.05) is 15.9 Å². The molecule has 0 aliphatic carbocycles. The van der Waals surface area contributed by atoms with Crippen LogP contribution in [0.4, 0.5) is 0 Å². The van der Waals surface area contributed by atoms with Crippen LogP contribution in [0.1, 0.15) is 12.0 Å². The molecule has 0 heterocycles. The Morgan fingerprint density at radius 3 is 2.75 bits per heavy atom. The summed E-state index contributed by atoms with van der Waals surface area (Å²) in [6.07, 6.45) is 0.818. The first-order valence-electron chi connectivity index (χ1n) is 5.00. The number of methoxy groups -OCH3 is 2. The number of halogens is 1. The van der Waals surface area contributed by atoms with Gasteiger partial charge in [-0.25, -0.2) is 0 Å². The van der Waals surface area contributed by atoms with Crippen LogP contribution in [0.5, 0.6) is 5.75 Å². The van der Waals surface area contributed by atoms with Crippen molar-refractivity contribution >= 4 is 21.7 Å². The van der Waals surface area contributed by atoms with Crippen LogP contribution in [-0.4, -0.2) is 26.6 Å². The normalized spacial score (nSPS) is 10.2. The fraction of sp³-hybridized carbons (Fsp3) is 0.417. The Morgan fingerprint density at radius 1 is 1.38 bits per heavy atom. The molecule has 0 fully saturated rings. The van der Waals surface area contributed by atoms with Gasteiger partial charge in [-0.2, -0.15) is 0 Å². The Bertz CT molecular complexity index is 363. The van der Waals surface area contributed by atoms with Crippen LogP contribution in [0.15, 0.2) is 22.7 Å². The third kappa shape index (κ3) is 3.94. The van der Waals surface area contributed by atoms with Gasteiger partial charge in [-0.3, -0.25) is 4.79 Å². The van der Waals surface area contributed by atoms with Gasteiger partial charge in [-0.05, 0) is 18.2 Å². The molecule has 0 amide bonds. The van der Waals surface area contributed by atoms with Gasteiger partial charge in [0.25, 0.3) is 0 Å². The molecule has 3 nitrogen and oxygen atoms in total. The molecular formula is C12H15BrO3. The van der Waals surface area contributed by atoms with E-state index in [0.717, 1.165) is 15.8 Å². The van der Waals surface area contributed by atoms with Crippen LogP contribution in [-0.2, 0) is 16.0 Å². The van der Waals surface area contributed by atoms with Gasteiger partial charge < -0.3 is 9.47 Å². The second-order valence-corrected chi connectivity index (χ2v) is 4.33. The van der Waals surface area contributed by atoms with Crippen LogP contribution in [0.3, 0.4) is 0 Å². The smallest absolute Gasteiger partial charge is 0.139 e. The number of Topliss-reactive ketones (excluding diaryl/α,β-unsaturated/α-hetero) is 1. The highest BCUT2D eigenvalue weighted by Gasteiger charge is 2.09. The first-order chi connectivity index (χ1) is 7.67. The molecule has 0 atom stereocenters. The summed E-state index contributed by atoms with van der Waals surface area (Å²) < 4.78 is 11.0. The highest BCUT2D eigenvalue weighted by Crippen LogP contribution is 2.23. The Hall–Kier alpha value is -0.870. The van der Waals surface area contributed by atoms with Crippen LogP contribution < -0.4 is 4.74 Å². The summed E-state index contributed by atoms with van der Waals surface area (Å²) in [7, 11) is 3.19. The summed E-state index contributed by atoms with van der Waals surface area (Å²) >= 11 is 3.38. The zero-order valence-electron chi connectivity index (χ0n) is 9.46. The molecule has 0 bridgehead atoms. The lowest BCUT2D eigenvalue weighted by molar-refractivity contribution is -0.119. The molecule has 0 aromatic heterocycles. The molecule has 0 aliphatic heterocycles. The first-order valence-corrected chi connectivity index (χ1v) is 5.79. The minimum absolute atomic E-state index is 0.151. The van der Waals surface area contributed by atoms with E-state index < -0.39 is 0 Å². The van der Waals surface area contributed by atoms with Crippen LogP contribution >= 0.6 is 15.9 Å². The van der Waals surface area contributed by atoms with Gasteiger partial charge in [0, 0.05) is 30.0 Å². The molecule has 0 radical (unpaired) electrons. The average molecular weight is 287 g/mol. The summed E-state index contributed by atoms with van der Waals surface area (Å²) in [4.78, 5) is 11.6. The molecule has 0 saturated carbocycles. The molecule has 0 saturated heterocycles. The second-order valence-electron chi connectivity index (χ2n) is 3.41. The van der Waals surface area contributed by atoms with E-state index in [0.29, 0.717) is 19.4 Å². The molecule has 0 aliphatic rings. The molecule has 0 spiro atoms. The average Bonchev–Trinajstić information content (AvgIpc) is 2.27. The highest BCUT2D eigenvalue weighted by atomic mass is 79.9. The van der Waals surface area contributed by atoms with Gasteiger partial charge in [0.1, 0.15) is 11.5 Å². The zero-order chi connectivity index (χ0) is 12.0. The van der Waals surface area contributed by atoms with Crippen molar-refractivity contribution in [2.45, 2.75) is 12.8 Å². The maximum Gasteiger partial charge on any atom is 0.139 e. The molecule has 1 aromatic rings. The van der Waals surface area contributed by atoms with Gasteiger partial charge in [-0.15, -0.1) is 0 Å². The molecule has 1 rings (SSSR count). The number of benzene rings is 1. The number of carbonyl (C=O) groups is 1. The predicted molar refractivity (Wildman–Crippen MR) is 65.9 cm³/mol. The number of hydrogen-bond acceptors (Lipinski definition) is 3. The van der Waals surface area contributed by atoms with Crippen molar-refractivity contribution < 1.29 is 14.3 Å². The summed E-state index contributed by atoms with van der Waals surface area (Å²) in [6.45, 7) is 0.467. The van der Waals surface area contributed by atoms with E-state index in [4.69, 9.17) is 9.47 Å². The van der Waals surface area contributed by atoms with Crippen molar-refractivity contribution in [2.24, 2.45) is 0 Å². The van der Waals surface area contributed by atoms with Crippen molar-refractivity contribution in [1.29, 1.82) is 0 Å². The van der Waals surface area contributed by atoms with E-state index in [1.165, 1.54) is 0 Å². The third-order valence-corrected chi connectivity index (χ3v) is 2.71.